The average molecular weight is 411 g/mol. The number of nitrogens with zero attached hydrogens (tertiary/aromatic N) is 2. The Bertz CT molecular complexity index is 998. The van der Waals surface area contributed by atoms with Crippen molar-refractivity contribution in [2.75, 3.05) is 10.8 Å². The van der Waals surface area contributed by atoms with Gasteiger partial charge in [-0.3, -0.25) is 9.29 Å². The molecule has 0 N–H and O–H groups in total. The average Bonchev–Trinajstić information content (AvgIpc) is 2.76. The van der Waals surface area contributed by atoms with Crippen molar-refractivity contribution < 1.29 is 8.42 Å². The van der Waals surface area contributed by atoms with Crippen LogP contribution in [0.5, 0.6) is 0 Å². The van der Waals surface area contributed by atoms with Gasteiger partial charge in [-0.25, -0.2) is 8.42 Å². The Balaban J connectivity index is 1.86. The number of hydrogen-bond acceptors (Lipinski definition) is 3. The minimum Gasteiger partial charge on any atom is -0.264 e. The van der Waals surface area contributed by atoms with E-state index in [9.17, 15) is 8.42 Å². The summed E-state index contributed by atoms with van der Waals surface area (Å²) in [5.41, 5.74) is 1.37. The van der Waals surface area contributed by atoms with Crippen molar-refractivity contribution >= 4 is 26.6 Å². The van der Waals surface area contributed by atoms with Crippen molar-refractivity contribution in [1.29, 1.82) is 0 Å². The quantitative estimate of drug-likeness (QED) is 0.355. The Labute approximate surface area is 174 Å². The number of rotatable bonds is 11. The third-order valence-corrected chi connectivity index (χ3v) is 7.00. The molecule has 0 unspecified atom stereocenters. The fourth-order valence-electron chi connectivity index (χ4n) is 3.59. The van der Waals surface area contributed by atoms with Crippen molar-refractivity contribution in [1.82, 2.24) is 4.98 Å². The number of aromatic nitrogens is 1. The van der Waals surface area contributed by atoms with E-state index in [2.05, 4.69) is 11.9 Å². The molecule has 1 aromatic heterocycles. The molecule has 3 aromatic rings. The van der Waals surface area contributed by atoms with Gasteiger partial charge < -0.3 is 0 Å². The third-order valence-electron chi connectivity index (χ3n) is 5.18. The summed E-state index contributed by atoms with van der Waals surface area (Å²) < 4.78 is 28.5. The van der Waals surface area contributed by atoms with Gasteiger partial charge in [0.15, 0.2) is 0 Å². The highest BCUT2D eigenvalue weighted by molar-refractivity contribution is 7.92. The van der Waals surface area contributed by atoms with Crippen LogP contribution < -0.4 is 4.31 Å². The first-order valence-electron chi connectivity index (χ1n) is 10.6. The standard InChI is InChI=1S/C24H30N2O2S/c1-2-3-4-5-6-7-11-20-26(29(27,28)22-16-9-8-10-17-22)23-18-12-14-21-15-13-19-25-24(21)23/h8-10,12-19H,2-7,11,20H2,1H3. The van der Waals surface area contributed by atoms with Crippen molar-refractivity contribution in [2.24, 2.45) is 0 Å². The predicted molar refractivity (Wildman–Crippen MR) is 121 cm³/mol. The van der Waals surface area contributed by atoms with Crippen LogP contribution in [-0.4, -0.2) is 19.9 Å². The molecular weight excluding hydrogens is 380 g/mol. The summed E-state index contributed by atoms with van der Waals surface area (Å²) in [4.78, 5) is 4.80. The van der Waals surface area contributed by atoms with Crippen LogP contribution in [0.4, 0.5) is 5.69 Å². The molecule has 0 fully saturated rings. The Hall–Kier alpha value is -2.40. The Morgan fingerprint density at radius 1 is 0.793 bits per heavy atom. The van der Waals surface area contributed by atoms with Gasteiger partial charge in [-0.15, -0.1) is 0 Å². The first-order chi connectivity index (χ1) is 14.1. The van der Waals surface area contributed by atoms with E-state index in [0.29, 0.717) is 17.1 Å². The molecule has 5 heteroatoms. The van der Waals surface area contributed by atoms with Gasteiger partial charge in [0.05, 0.1) is 16.1 Å². The van der Waals surface area contributed by atoms with Gasteiger partial charge in [0.1, 0.15) is 0 Å². The summed E-state index contributed by atoms with van der Waals surface area (Å²) in [5.74, 6) is 0. The van der Waals surface area contributed by atoms with Crippen LogP contribution in [-0.2, 0) is 10.0 Å². The van der Waals surface area contributed by atoms with Crippen LogP contribution in [0.1, 0.15) is 51.9 Å². The van der Waals surface area contributed by atoms with Crippen molar-refractivity contribution in [3.05, 3.63) is 66.9 Å². The highest BCUT2D eigenvalue weighted by Gasteiger charge is 2.26. The second kappa shape index (κ2) is 10.4. The number of sulfonamides is 1. The van der Waals surface area contributed by atoms with E-state index >= 15 is 0 Å². The topological polar surface area (TPSA) is 50.3 Å². The highest BCUT2D eigenvalue weighted by Crippen LogP contribution is 2.30. The van der Waals surface area contributed by atoms with Crippen molar-refractivity contribution in [3.8, 4) is 0 Å². The van der Waals surface area contributed by atoms with Crippen LogP contribution in [0.3, 0.4) is 0 Å². The first kappa shape index (κ1) is 21.3. The number of fused-ring (bicyclic) bond motifs is 1. The smallest absolute Gasteiger partial charge is 0.264 e. The molecule has 0 saturated heterocycles. The largest absolute Gasteiger partial charge is 0.264 e. The zero-order chi connectivity index (χ0) is 20.5. The summed E-state index contributed by atoms with van der Waals surface area (Å²) >= 11 is 0. The minimum atomic E-state index is -3.65. The SMILES string of the molecule is CCCCCCCCCN(c1cccc2cccnc12)S(=O)(=O)c1ccccc1. The predicted octanol–water partition coefficient (Wildman–Crippen LogP) is 6.18. The van der Waals surface area contributed by atoms with Gasteiger partial charge in [0, 0.05) is 18.1 Å². The molecule has 0 radical (unpaired) electrons. The lowest BCUT2D eigenvalue weighted by Crippen LogP contribution is -2.32. The van der Waals surface area contributed by atoms with Crippen LogP contribution in [0.2, 0.25) is 0 Å². The lowest BCUT2D eigenvalue weighted by Gasteiger charge is -2.25. The van der Waals surface area contributed by atoms with Crippen molar-refractivity contribution in [2.45, 2.75) is 56.8 Å². The molecule has 0 aliphatic carbocycles. The molecule has 0 atom stereocenters. The third kappa shape index (κ3) is 5.36. The highest BCUT2D eigenvalue weighted by atomic mass is 32.2. The van der Waals surface area contributed by atoms with Crippen LogP contribution in [0.15, 0.2) is 71.8 Å². The maximum atomic E-state index is 13.5. The van der Waals surface area contributed by atoms with Gasteiger partial charge in [-0.2, -0.15) is 0 Å². The summed E-state index contributed by atoms with van der Waals surface area (Å²) in [6.07, 6.45) is 9.71. The summed E-state index contributed by atoms with van der Waals surface area (Å²) in [5, 5.41) is 0.942. The molecule has 0 saturated carbocycles. The molecular formula is C24H30N2O2S. The van der Waals surface area contributed by atoms with Gasteiger partial charge >= 0.3 is 0 Å². The summed E-state index contributed by atoms with van der Waals surface area (Å²) in [6.45, 7) is 2.67. The van der Waals surface area contributed by atoms with Crippen LogP contribution in [0, 0.1) is 0 Å². The van der Waals surface area contributed by atoms with E-state index in [4.69, 9.17) is 0 Å². The van der Waals surface area contributed by atoms with Crippen LogP contribution in [0.25, 0.3) is 10.9 Å². The van der Waals surface area contributed by atoms with E-state index in [-0.39, 0.29) is 0 Å². The molecule has 0 aliphatic rings. The van der Waals surface area contributed by atoms with Gasteiger partial charge in [-0.1, -0.05) is 81.8 Å². The van der Waals surface area contributed by atoms with E-state index in [0.717, 1.165) is 30.2 Å². The fourth-order valence-corrected chi connectivity index (χ4v) is 5.12. The number of anilines is 1. The molecule has 0 bridgehead atoms. The Kier molecular flexibility index (Phi) is 7.64. The molecule has 4 nitrogen and oxygen atoms in total. The monoisotopic (exact) mass is 410 g/mol. The van der Waals surface area contributed by atoms with Gasteiger partial charge in [-0.05, 0) is 30.7 Å². The van der Waals surface area contributed by atoms with Crippen LogP contribution >= 0.6 is 0 Å². The molecule has 29 heavy (non-hydrogen) atoms. The fraction of sp³-hybridized carbons (Fsp3) is 0.375. The summed E-state index contributed by atoms with van der Waals surface area (Å²) in [7, 11) is -3.65. The number of hydrogen-bond donors (Lipinski definition) is 0. The van der Waals surface area contributed by atoms with E-state index < -0.39 is 10.0 Å². The lowest BCUT2D eigenvalue weighted by atomic mass is 10.1. The minimum absolute atomic E-state index is 0.316. The number of para-hydroxylation sites is 1. The molecule has 2 aromatic carbocycles. The molecule has 3 rings (SSSR count). The lowest BCUT2D eigenvalue weighted by molar-refractivity contribution is 0.576. The number of benzene rings is 2. The molecule has 0 amide bonds. The number of pyridine rings is 1. The summed E-state index contributed by atoms with van der Waals surface area (Å²) in [6, 6.07) is 18.2. The molecule has 0 spiro atoms. The Morgan fingerprint density at radius 3 is 2.24 bits per heavy atom. The zero-order valence-electron chi connectivity index (χ0n) is 17.1. The van der Waals surface area contributed by atoms with E-state index in [1.165, 1.54) is 25.7 Å². The maximum Gasteiger partial charge on any atom is 0.264 e. The van der Waals surface area contributed by atoms with E-state index in [1.54, 1.807) is 34.8 Å². The van der Waals surface area contributed by atoms with E-state index in [1.807, 2.05) is 36.4 Å². The second-order valence-corrected chi connectivity index (χ2v) is 9.23. The van der Waals surface area contributed by atoms with Gasteiger partial charge in [0.25, 0.3) is 10.0 Å². The maximum absolute atomic E-state index is 13.5. The first-order valence-corrected chi connectivity index (χ1v) is 12.0. The zero-order valence-corrected chi connectivity index (χ0v) is 17.9. The molecule has 154 valence electrons. The second-order valence-electron chi connectivity index (χ2n) is 7.36. The Morgan fingerprint density at radius 2 is 1.48 bits per heavy atom. The normalized spacial score (nSPS) is 11.6. The van der Waals surface area contributed by atoms with Crippen molar-refractivity contribution in [3.63, 3.8) is 0 Å². The molecule has 1 heterocycles. The molecule has 0 aliphatic heterocycles. The van der Waals surface area contributed by atoms with Gasteiger partial charge in [0.2, 0.25) is 0 Å². The number of unbranched alkanes of at least 4 members (excludes halogenated alkanes) is 6.